The van der Waals surface area contributed by atoms with Gasteiger partial charge in [0.15, 0.2) is 10.9 Å². The van der Waals surface area contributed by atoms with Crippen LogP contribution in [0, 0.1) is 11.6 Å². The lowest BCUT2D eigenvalue weighted by Gasteiger charge is -2.20. The van der Waals surface area contributed by atoms with Gasteiger partial charge in [-0.3, -0.25) is 14.7 Å². The minimum Gasteiger partial charge on any atom is -0.279 e. The molecule has 0 fully saturated rings. The van der Waals surface area contributed by atoms with E-state index in [1.54, 1.807) is 42.7 Å². The lowest BCUT2D eigenvalue weighted by molar-refractivity contribution is 0.0985. The highest BCUT2D eigenvalue weighted by Crippen LogP contribution is 2.33. The third-order valence-corrected chi connectivity index (χ3v) is 5.40. The van der Waals surface area contributed by atoms with Crippen LogP contribution in [0.5, 0.6) is 0 Å². The minimum atomic E-state index is -0.774. The van der Waals surface area contributed by atoms with E-state index in [1.807, 2.05) is 6.07 Å². The number of benzene rings is 2. The first-order chi connectivity index (χ1) is 13.5. The summed E-state index contributed by atoms with van der Waals surface area (Å²) in [4.78, 5) is 22.9. The van der Waals surface area contributed by atoms with Crippen molar-refractivity contribution in [3.63, 3.8) is 0 Å². The SMILES string of the molecule is O=C(c1ccccc1Cl)N(Cc1cccnc1)c1nc2c(F)cc(F)cc2s1. The van der Waals surface area contributed by atoms with Gasteiger partial charge in [0.25, 0.3) is 5.91 Å². The number of pyridine rings is 1. The Bertz CT molecular complexity index is 1170. The van der Waals surface area contributed by atoms with Crippen LogP contribution in [-0.4, -0.2) is 15.9 Å². The lowest BCUT2D eigenvalue weighted by Crippen LogP contribution is -2.30. The van der Waals surface area contributed by atoms with Crippen LogP contribution in [0.4, 0.5) is 13.9 Å². The maximum absolute atomic E-state index is 14.1. The summed E-state index contributed by atoms with van der Waals surface area (Å²) >= 11 is 7.22. The van der Waals surface area contributed by atoms with Crippen molar-refractivity contribution in [1.82, 2.24) is 9.97 Å². The van der Waals surface area contributed by atoms with Crippen LogP contribution >= 0.6 is 22.9 Å². The van der Waals surface area contributed by atoms with E-state index in [0.29, 0.717) is 15.3 Å². The largest absolute Gasteiger partial charge is 0.279 e. The Hall–Kier alpha value is -2.90. The van der Waals surface area contributed by atoms with Crippen LogP contribution < -0.4 is 4.90 Å². The van der Waals surface area contributed by atoms with E-state index < -0.39 is 17.5 Å². The predicted molar refractivity (Wildman–Crippen MR) is 106 cm³/mol. The van der Waals surface area contributed by atoms with Crippen molar-refractivity contribution < 1.29 is 13.6 Å². The first kappa shape index (κ1) is 18.5. The van der Waals surface area contributed by atoms with Gasteiger partial charge >= 0.3 is 0 Å². The van der Waals surface area contributed by atoms with Crippen molar-refractivity contribution in [2.45, 2.75) is 6.54 Å². The fourth-order valence-electron chi connectivity index (χ4n) is 2.74. The fourth-order valence-corrected chi connectivity index (χ4v) is 3.96. The first-order valence-corrected chi connectivity index (χ1v) is 9.43. The molecule has 2 heterocycles. The second kappa shape index (κ2) is 7.61. The molecule has 0 spiro atoms. The number of rotatable bonds is 4. The van der Waals surface area contributed by atoms with Gasteiger partial charge < -0.3 is 0 Å². The molecule has 0 atom stereocenters. The summed E-state index contributed by atoms with van der Waals surface area (Å²) in [6.07, 6.45) is 3.25. The molecule has 0 aliphatic heterocycles. The standard InChI is InChI=1S/C20H12ClF2N3OS/c21-15-6-2-1-5-14(15)19(27)26(11-12-4-3-7-24-10-12)20-25-18-16(23)8-13(22)9-17(18)28-20/h1-10H,11H2. The van der Waals surface area contributed by atoms with Gasteiger partial charge in [0.05, 0.1) is 21.8 Å². The van der Waals surface area contributed by atoms with Crippen LogP contribution in [0.1, 0.15) is 15.9 Å². The second-order valence-electron chi connectivity index (χ2n) is 5.96. The minimum absolute atomic E-state index is 0.0181. The summed E-state index contributed by atoms with van der Waals surface area (Å²) in [6.45, 7) is 0.155. The lowest BCUT2D eigenvalue weighted by atomic mass is 10.2. The second-order valence-corrected chi connectivity index (χ2v) is 7.38. The van der Waals surface area contributed by atoms with E-state index in [4.69, 9.17) is 11.6 Å². The maximum atomic E-state index is 14.1. The molecular weight excluding hydrogens is 404 g/mol. The number of halogens is 3. The molecule has 28 heavy (non-hydrogen) atoms. The molecule has 0 bridgehead atoms. The maximum Gasteiger partial charge on any atom is 0.261 e. The van der Waals surface area contributed by atoms with Gasteiger partial charge in [-0.1, -0.05) is 41.1 Å². The van der Waals surface area contributed by atoms with Crippen LogP contribution in [0.2, 0.25) is 5.02 Å². The average Bonchev–Trinajstić information content (AvgIpc) is 3.11. The number of aromatic nitrogens is 2. The summed E-state index contributed by atoms with van der Waals surface area (Å²) in [5, 5.41) is 0.537. The Labute approximate surface area is 168 Å². The predicted octanol–water partition coefficient (Wildman–Crippen LogP) is 5.47. The molecule has 2 aromatic carbocycles. The van der Waals surface area contributed by atoms with Crippen molar-refractivity contribution in [3.8, 4) is 0 Å². The highest BCUT2D eigenvalue weighted by atomic mass is 35.5. The molecule has 0 saturated carbocycles. The number of hydrogen-bond acceptors (Lipinski definition) is 4. The topological polar surface area (TPSA) is 46.1 Å². The molecule has 0 radical (unpaired) electrons. The van der Waals surface area contributed by atoms with E-state index in [-0.39, 0.29) is 17.2 Å². The Balaban J connectivity index is 1.82. The molecule has 140 valence electrons. The van der Waals surface area contributed by atoms with Gasteiger partial charge in [0.2, 0.25) is 0 Å². The summed E-state index contributed by atoms with van der Waals surface area (Å²) in [5.74, 6) is -1.87. The Morgan fingerprint density at radius 3 is 2.71 bits per heavy atom. The Kier molecular flexibility index (Phi) is 5.02. The molecule has 8 heteroatoms. The van der Waals surface area contributed by atoms with Crippen LogP contribution in [0.15, 0.2) is 60.9 Å². The number of fused-ring (bicyclic) bond motifs is 1. The highest BCUT2D eigenvalue weighted by Gasteiger charge is 2.24. The van der Waals surface area contributed by atoms with E-state index in [1.165, 1.54) is 11.0 Å². The fraction of sp³-hybridized carbons (Fsp3) is 0.0500. The zero-order chi connectivity index (χ0) is 19.7. The molecule has 1 amide bonds. The number of carbonyl (C=O) groups is 1. The molecule has 2 aromatic heterocycles. The smallest absolute Gasteiger partial charge is 0.261 e. The third kappa shape index (κ3) is 3.58. The number of nitrogens with zero attached hydrogens (tertiary/aromatic N) is 3. The zero-order valence-corrected chi connectivity index (χ0v) is 15.8. The van der Waals surface area contributed by atoms with Gasteiger partial charge in [-0.2, -0.15) is 0 Å². The van der Waals surface area contributed by atoms with Crippen molar-refractivity contribution in [2.75, 3.05) is 4.90 Å². The molecule has 4 rings (SSSR count). The highest BCUT2D eigenvalue weighted by molar-refractivity contribution is 7.22. The molecule has 0 saturated heterocycles. The normalized spacial score (nSPS) is 11.0. The zero-order valence-electron chi connectivity index (χ0n) is 14.3. The molecule has 4 nitrogen and oxygen atoms in total. The van der Waals surface area contributed by atoms with Crippen LogP contribution in [0.25, 0.3) is 10.2 Å². The van der Waals surface area contributed by atoms with Gasteiger partial charge in [-0.15, -0.1) is 0 Å². The summed E-state index contributed by atoms with van der Waals surface area (Å²) < 4.78 is 28.0. The van der Waals surface area contributed by atoms with Crippen molar-refractivity contribution in [3.05, 3.63) is 88.7 Å². The van der Waals surface area contributed by atoms with Crippen molar-refractivity contribution in [1.29, 1.82) is 0 Å². The molecule has 0 N–H and O–H groups in total. The summed E-state index contributed by atoms with van der Waals surface area (Å²) in [7, 11) is 0. The van der Waals surface area contributed by atoms with Gasteiger partial charge in [0.1, 0.15) is 11.3 Å². The number of amides is 1. The number of thiazole rings is 1. The van der Waals surface area contributed by atoms with Gasteiger partial charge in [-0.05, 0) is 29.8 Å². The number of hydrogen-bond donors (Lipinski definition) is 0. The summed E-state index contributed by atoms with van der Waals surface area (Å²) in [5.41, 5.74) is 1.07. The monoisotopic (exact) mass is 415 g/mol. The Morgan fingerprint density at radius 2 is 1.96 bits per heavy atom. The van der Waals surface area contributed by atoms with Crippen molar-refractivity contribution >= 4 is 44.2 Å². The molecule has 0 aliphatic carbocycles. The van der Waals surface area contributed by atoms with E-state index >= 15 is 0 Å². The molecule has 4 aromatic rings. The quantitative estimate of drug-likeness (QED) is 0.444. The van der Waals surface area contributed by atoms with E-state index in [2.05, 4.69) is 9.97 Å². The average molecular weight is 416 g/mol. The van der Waals surface area contributed by atoms with E-state index in [0.717, 1.165) is 23.0 Å². The molecular formula is C20H12ClF2N3OS. The molecule has 0 unspecified atom stereocenters. The van der Waals surface area contributed by atoms with Gasteiger partial charge in [0, 0.05) is 18.5 Å². The summed E-state index contributed by atoms with van der Waals surface area (Å²) in [6, 6.07) is 12.2. The van der Waals surface area contributed by atoms with Crippen LogP contribution in [-0.2, 0) is 6.54 Å². The third-order valence-electron chi connectivity index (χ3n) is 4.05. The molecule has 0 aliphatic rings. The Morgan fingerprint density at radius 1 is 1.14 bits per heavy atom. The van der Waals surface area contributed by atoms with Crippen molar-refractivity contribution in [2.24, 2.45) is 0 Å². The first-order valence-electron chi connectivity index (χ1n) is 8.24. The number of anilines is 1. The van der Waals surface area contributed by atoms with Gasteiger partial charge in [-0.25, -0.2) is 13.8 Å². The van der Waals surface area contributed by atoms with E-state index in [9.17, 15) is 13.6 Å². The number of carbonyl (C=O) groups excluding carboxylic acids is 1. The van der Waals surface area contributed by atoms with Crippen LogP contribution in [0.3, 0.4) is 0 Å².